The van der Waals surface area contributed by atoms with Gasteiger partial charge in [-0.3, -0.25) is 4.98 Å². The van der Waals surface area contributed by atoms with Crippen LogP contribution < -0.4 is 4.74 Å². The molecular formula is C25H32N6O2. The Kier molecular flexibility index (Phi) is 6.35. The van der Waals surface area contributed by atoms with E-state index in [-0.39, 0.29) is 5.41 Å². The highest BCUT2D eigenvalue weighted by Gasteiger charge is 2.41. The van der Waals surface area contributed by atoms with Gasteiger partial charge in [-0.2, -0.15) is 0 Å². The maximum absolute atomic E-state index is 5.79. The molecule has 174 valence electrons. The average Bonchev–Trinajstić information content (AvgIpc) is 3.48. The minimum atomic E-state index is -0.136. The van der Waals surface area contributed by atoms with Gasteiger partial charge in [0.2, 0.25) is 5.88 Å². The smallest absolute Gasteiger partial charge is 0.213 e. The van der Waals surface area contributed by atoms with Crippen LogP contribution in [0.25, 0.3) is 22.5 Å². The molecule has 0 bridgehead atoms. The van der Waals surface area contributed by atoms with E-state index in [2.05, 4.69) is 31.7 Å². The van der Waals surface area contributed by atoms with Crippen molar-refractivity contribution in [2.45, 2.75) is 70.1 Å². The lowest BCUT2D eigenvalue weighted by atomic mass is 9.77. The Balaban J connectivity index is 1.84. The summed E-state index contributed by atoms with van der Waals surface area (Å²) in [6, 6.07) is 4.11. The van der Waals surface area contributed by atoms with Crippen LogP contribution in [-0.4, -0.2) is 50.9 Å². The van der Waals surface area contributed by atoms with Gasteiger partial charge in [0.25, 0.3) is 0 Å². The Bertz CT molecular complexity index is 1090. The van der Waals surface area contributed by atoms with Crippen LogP contribution in [0.3, 0.4) is 0 Å². The van der Waals surface area contributed by atoms with E-state index in [0.29, 0.717) is 24.9 Å². The van der Waals surface area contributed by atoms with Crippen molar-refractivity contribution in [1.29, 1.82) is 0 Å². The largest absolute Gasteiger partial charge is 0.478 e. The molecule has 33 heavy (non-hydrogen) atoms. The van der Waals surface area contributed by atoms with Gasteiger partial charge in [0, 0.05) is 30.5 Å². The summed E-state index contributed by atoms with van der Waals surface area (Å²) in [5.74, 6) is 1.29. The number of hydrogen-bond acceptors (Lipinski definition) is 7. The third-order valence-corrected chi connectivity index (χ3v) is 7.11. The maximum atomic E-state index is 5.79. The van der Waals surface area contributed by atoms with Gasteiger partial charge in [-0.25, -0.2) is 10.1 Å². The van der Waals surface area contributed by atoms with Crippen LogP contribution in [0.1, 0.15) is 68.8 Å². The van der Waals surface area contributed by atoms with Crippen LogP contribution >= 0.6 is 0 Å². The topological polar surface area (TPSA) is 98.7 Å². The number of nitrogens with one attached hydrogen (secondary N) is 1. The predicted octanol–water partition coefficient (Wildman–Crippen LogP) is 4.45. The highest BCUT2D eigenvalue weighted by atomic mass is 16.5. The summed E-state index contributed by atoms with van der Waals surface area (Å²) in [6.07, 6.45) is 11.8. The number of nitrogens with zero attached hydrogens (tertiary/aromatic N) is 5. The van der Waals surface area contributed by atoms with E-state index in [0.717, 1.165) is 48.9 Å². The summed E-state index contributed by atoms with van der Waals surface area (Å²) in [6.45, 7) is 3.20. The summed E-state index contributed by atoms with van der Waals surface area (Å²) in [5, 5.41) is 15.3. The minimum absolute atomic E-state index is 0.136. The molecule has 0 aliphatic heterocycles. The van der Waals surface area contributed by atoms with E-state index < -0.39 is 0 Å². The first-order chi connectivity index (χ1) is 16.3. The molecule has 3 aromatic heterocycles. The quantitative estimate of drug-likeness (QED) is 0.533. The standard InChI is InChI=1S/C25H32N6O2/c1-3-33-20-15-17(11-14-26-20)21-18-9-5-4-6-10-19(18)27-23(22(21)24-28-30-31-29-24)25(16-32-2)12-7-8-13-25/h11,14-15H,3-10,12-13,16H2,1-2H3,(H,28,29,30,31). The number of methoxy groups -OCH3 is 1. The Morgan fingerprint density at radius 2 is 1.91 bits per heavy atom. The van der Waals surface area contributed by atoms with Crippen molar-refractivity contribution in [3.8, 4) is 28.4 Å². The minimum Gasteiger partial charge on any atom is -0.478 e. The predicted molar refractivity (Wildman–Crippen MR) is 125 cm³/mol. The number of pyridine rings is 2. The second kappa shape index (κ2) is 9.55. The maximum Gasteiger partial charge on any atom is 0.213 e. The Hall–Kier alpha value is -2.87. The first-order valence-electron chi connectivity index (χ1n) is 12.1. The Labute approximate surface area is 194 Å². The normalized spacial score (nSPS) is 17.5. The zero-order valence-electron chi connectivity index (χ0n) is 19.6. The summed E-state index contributed by atoms with van der Waals surface area (Å²) in [4.78, 5) is 9.82. The average molecular weight is 449 g/mol. The van der Waals surface area contributed by atoms with Crippen molar-refractivity contribution in [3.05, 3.63) is 35.3 Å². The molecule has 2 aliphatic rings. The van der Waals surface area contributed by atoms with Gasteiger partial charge in [-0.1, -0.05) is 19.3 Å². The Morgan fingerprint density at radius 1 is 1.06 bits per heavy atom. The van der Waals surface area contributed by atoms with Crippen molar-refractivity contribution in [2.75, 3.05) is 20.3 Å². The fraction of sp³-hybridized carbons (Fsp3) is 0.560. The summed E-state index contributed by atoms with van der Waals surface area (Å²) in [5.41, 5.74) is 6.71. The zero-order valence-corrected chi connectivity index (χ0v) is 19.6. The number of hydrogen-bond donors (Lipinski definition) is 1. The first-order valence-corrected chi connectivity index (χ1v) is 12.1. The van der Waals surface area contributed by atoms with E-state index in [4.69, 9.17) is 14.5 Å². The van der Waals surface area contributed by atoms with Crippen LogP contribution in [0, 0.1) is 0 Å². The molecule has 8 heteroatoms. The zero-order chi connectivity index (χ0) is 22.7. The fourth-order valence-electron chi connectivity index (χ4n) is 5.69. The highest BCUT2D eigenvalue weighted by Crippen LogP contribution is 2.48. The number of aryl methyl sites for hydroxylation is 1. The van der Waals surface area contributed by atoms with Gasteiger partial charge in [0.15, 0.2) is 5.82 Å². The number of aromatic nitrogens is 6. The number of H-pyrrole nitrogens is 1. The van der Waals surface area contributed by atoms with Gasteiger partial charge in [0.1, 0.15) is 0 Å². The van der Waals surface area contributed by atoms with Gasteiger partial charge in [-0.05, 0) is 78.6 Å². The summed E-state index contributed by atoms with van der Waals surface area (Å²) < 4.78 is 11.6. The second-order valence-electron chi connectivity index (χ2n) is 9.18. The lowest BCUT2D eigenvalue weighted by Crippen LogP contribution is -2.31. The van der Waals surface area contributed by atoms with Gasteiger partial charge >= 0.3 is 0 Å². The molecule has 1 saturated carbocycles. The Morgan fingerprint density at radius 3 is 2.67 bits per heavy atom. The van der Waals surface area contributed by atoms with Crippen LogP contribution in [0.15, 0.2) is 18.3 Å². The molecule has 3 aromatic rings. The van der Waals surface area contributed by atoms with Crippen molar-refractivity contribution < 1.29 is 9.47 Å². The van der Waals surface area contributed by atoms with Crippen molar-refractivity contribution >= 4 is 0 Å². The third-order valence-electron chi connectivity index (χ3n) is 7.11. The SMILES string of the molecule is CCOc1cc(-c2c3c(nc(C4(COC)CCCC4)c2-c2nnn[nH]2)CCCCC3)ccn1. The van der Waals surface area contributed by atoms with Crippen LogP contribution in [0.4, 0.5) is 0 Å². The van der Waals surface area contributed by atoms with E-state index in [1.165, 1.54) is 42.5 Å². The molecule has 5 rings (SSSR count). The van der Waals surface area contributed by atoms with Gasteiger partial charge < -0.3 is 9.47 Å². The molecule has 1 fully saturated rings. The van der Waals surface area contributed by atoms with E-state index in [9.17, 15) is 0 Å². The molecule has 3 heterocycles. The summed E-state index contributed by atoms with van der Waals surface area (Å²) in [7, 11) is 1.79. The molecular weight excluding hydrogens is 416 g/mol. The molecule has 0 radical (unpaired) electrons. The number of aromatic amines is 1. The third kappa shape index (κ3) is 4.12. The number of rotatable bonds is 7. The first kappa shape index (κ1) is 21.9. The van der Waals surface area contributed by atoms with Gasteiger partial charge in [0.05, 0.1) is 24.5 Å². The van der Waals surface area contributed by atoms with Crippen LogP contribution in [0.2, 0.25) is 0 Å². The van der Waals surface area contributed by atoms with Crippen LogP contribution in [-0.2, 0) is 23.0 Å². The molecule has 0 aromatic carbocycles. The van der Waals surface area contributed by atoms with E-state index in [1.54, 1.807) is 7.11 Å². The molecule has 0 spiro atoms. The van der Waals surface area contributed by atoms with Crippen molar-refractivity contribution in [3.63, 3.8) is 0 Å². The van der Waals surface area contributed by atoms with E-state index in [1.807, 2.05) is 19.2 Å². The molecule has 0 atom stereocenters. The lowest BCUT2D eigenvalue weighted by Gasteiger charge is -2.32. The highest BCUT2D eigenvalue weighted by molar-refractivity contribution is 5.86. The van der Waals surface area contributed by atoms with Crippen molar-refractivity contribution in [1.82, 2.24) is 30.6 Å². The monoisotopic (exact) mass is 448 g/mol. The number of ether oxygens (including phenoxy) is 2. The van der Waals surface area contributed by atoms with Crippen molar-refractivity contribution in [2.24, 2.45) is 0 Å². The molecule has 2 aliphatic carbocycles. The summed E-state index contributed by atoms with van der Waals surface area (Å²) >= 11 is 0. The molecule has 0 saturated heterocycles. The lowest BCUT2D eigenvalue weighted by molar-refractivity contribution is 0.129. The molecule has 0 amide bonds. The van der Waals surface area contributed by atoms with Gasteiger partial charge in [-0.15, -0.1) is 5.10 Å². The van der Waals surface area contributed by atoms with Crippen LogP contribution in [0.5, 0.6) is 5.88 Å². The molecule has 8 nitrogen and oxygen atoms in total. The second-order valence-corrected chi connectivity index (χ2v) is 9.18. The molecule has 0 unspecified atom stereocenters. The number of tetrazole rings is 1. The molecule has 1 N–H and O–H groups in total. The fourth-order valence-corrected chi connectivity index (χ4v) is 5.69. The van der Waals surface area contributed by atoms with E-state index >= 15 is 0 Å². The number of fused-ring (bicyclic) bond motifs is 1.